The molecule has 7 nitrogen and oxygen atoms in total. The van der Waals surface area contributed by atoms with Crippen molar-refractivity contribution in [2.75, 3.05) is 11.9 Å². The first-order valence-corrected chi connectivity index (χ1v) is 7.42. The number of carbonyl (C=O) groups excluding carboxylic acids is 2. The third kappa shape index (κ3) is 4.38. The fraction of sp³-hybridized carbons (Fsp3) is 0.176. The van der Waals surface area contributed by atoms with E-state index in [0.29, 0.717) is 11.5 Å². The van der Waals surface area contributed by atoms with Crippen LogP contribution in [0.15, 0.2) is 40.8 Å². The molecule has 2 heterocycles. The summed E-state index contributed by atoms with van der Waals surface area (Å²) in [5, 5.41) is 2.39. The zero-order chi connectivity index (χ0) is 18.7. The van der Waals surface area contributed by atoms with E-state index < -0.39 is 24.8 Å². The smallest absolute Gasteiger partial charge is 0.462 e. The monoisotopic (exact) mass is 365 g/mol. The molecule has 0 aliphatic carbocycles. The van der Waals surface area contributed by atoms with Gasteiger partial charge in [-0.15, -0.1) is 8.78 Å². The van der Waals surface area contributed by atoms with E-state index in [1.165, 1.54) is 24.3 Å². The Morgan fingerprint density at radius 3 is 2.69 bits per heavy atom. The Hall–Kier alpha value is -3.36. The molecule has 9 heteroatoms. The molecular weight excluding hydrogens is 352 g/mol. The molecule has 26 heavy (non-hydrogen) atoms. The average molecular weight is 365 g/mol. The van der Waals surface area contributed by atoms with E-state index in [4.69, 9.17) is 9.15 Å². The van der Waals surface area contributed by atoms with Crippen molar-refractivity contribution in [3.63, 3.8) is 0 Å². The molecular formula is C17H13F2NO6. The molecule has 0 saturated carbocycles. The molecule has 0 unspecified atom stereocenters. The summed E-state index contributed by atoms with van der Waals surface area (Å²) in [6, 6.07) is 7.16. The molecule has 3 rings (SSSR count). The number of fused-ring (bicyclic) bond motifs is 1. The molecule has 136 valence electrons. The van der Waals surface area contributed by atoms with E-state index in [1.54, 1.807) is 19.1 Å². The standard InChI is InChI=1S/C17H13F2NO6/c1-10-2-4-12(24-10)5-7-16(22)23-9-15(21)20-11-3-6-13-14(8-11)26-17(18,19)25-13/h2-8H,9H2,1H3,(H,20,21). The molecule has 1 aromatic carbocycles. The van der Waals surface area contributed by atoms with E-state index >= 15 is 0 Å². The van der Waals surface area contributed by atoms with Crippen LogP contribution in [0, 0.1) is 6.92 Å². The van der Waals surface area contributed by atoms with Crippen molar-refractivity contribution in [1.29, 1.82) is 0 Å². The van der Waals surface area contributed by atoms with Gasteiger partial charge in [0.1, 0.15) is 11.5 Å². The normalized spacial score (nSPS) is 14.4. The Labute approximate surface area is 146 Å². The molecule has 1 aliphatic heterocycles. The highest BCUT2D eigenvalue weighted by Gasteiger charge is 2.43. The number of benzene rings is 1. The van der Waals surface area contributed by atoms with Crippen LogP contribution in [0.3, 0.4) is 0 Å². The maximum Gasteiger partial charge on any atom is 0.586 e. The van der Waals surface area contributed by atoms with Crippen molar-refractivity contribution in [3.8, 4) is 11.5 Å². The summed E-state index contributed by atoms with van der Waals surface area (Å²) >= 11 is 0. The zero-order valence-corrected chi connectivity index (χ0v) is 13.5. The first-order chi connectivity index (χ1) is 12.3. The van der Waals surface area contributed by atoms with Gasteiger partial charge in [0.05, 0.1) is 0 Å². The minimum atomic E-state index is -3.74. The number of halogens is 2. The van der Waals surface area contributed by atoms with Gasteiger partial charge in [0, 0.05) is 17.8 Å². The summed E-state index contributed by atoms with van der Waals surface area (Å²) in [6.07, 6.45) is -1.21. The third-order valence-corrected chi connectivity index (χ3v) is 3.18. The maximum absolute atomic E-state index is 12.9. The molecule has 1 N–H and O–H groups in total. The van der Waals surface area contributed by atoms with Crippen LogP contribution in [-0.2, 0) is 14.3 Å². The van der Waals surface area contributed by atoms with Crippen molar-refractivity contribution in [2.24, 2.45) is 0 Å². The van der Waals surface area contributed by atoms with Gasteiger partial charge in [0.2, 0.25) is 0 Å². The number of hydrogen-bond acceptors (Lipinski definition) is 6. The number of nitrogens with one attached hydrogen (secondary N) is 1. The van der Waals surface area contributed by atoms with Crippen molar-refractivity contribution in [2.45, 2.75) is 13.2 Å². The van der Waals surface area contributed by atoms with Crippen LogP contribution in [0.5, 0.6) is 11.5 Å². The quantitative estimate of drug-likeness (QED) is 0.647. The fourth-order valence-corrected chi connectivity index (χ4v) is 2.10. The predicted octanol–water partition coefficient (Wildman–Crippen LogP) is 3.10. The second-order valence-corrected chi connectivity index (χ2v) is 5.27. The van der Waals surface area contributed by atoms with Gasteiger partial charge >= 0.3 is 12.3 Å². The van der Waals surface area contributed by atoms with Gasteiger partial charge in [0.15, 0.2) is 18.1 Å². The number of furan rings is 1. The van der Waals surface area contributed by atoms with E-state index in [-0.39, 0.29) is 17.2 Å². The van der Waals surface area contributed by atoms with Gasteiger partial charge in [-0.2, -0.15) is 0 Å². The van der Waals surface area contributed by atoms with Crippen LogP contribution in [0.25, 0.3) is 6.08 Å². The van der Waals surface area contributed by atoms with Gasteiger partial charge in [-0.3, -0.25) is 4.79 Å². The summed E-state index contributed by atoms with van der Waals surface area (Å²) in [6.45, 7) is 1.21. The molecule has 2 aromatic rings. The van der Waals surface area contributed by atoms with Gasteiger partial charge in [-0.1, -0.05) is 0 Å². The fourth-order valence-electron chi connectivity index (χ4n) is 2.10. The van der Waals surface area contributed by atoms with Crippen LogP contribution in [0.4, 0.5) is 14.5 Å². The highest BCUT2D eigenvalue weighted by atomic mass is 19.3. The number of alkyl halides is 2. The van der Waals surface area contributed by atoms with Crippen LogP contribution in [0.2, 0.25) is 0 Å². The summed E-state index contributed by atoms with van der Waals surface area (Å²) in [4.78, 5) is 23.3. The predicted molar refractivity (Wildman–Crippen MR) is 84.7 cm³/mol. The minimum absolute atomic E-state index is 0.141. The highest BCUT2D eigenvalue weighted by molar-refractivity contribution is 5.94. The Bertz CT molecular complexity index is 874. The topological polar surface area (TPSA) is 87.0 Å². The van der Waals surface area contributed by atoms with Crippen LogP contribution in [0.1, 0.15) is 11.5 Å². The van der Waals surface area contributed by atoms with E-state index in [9.17, 15) is 18.4 Å². The molecule has 1 amide bonds. The summed E-state index contributed by atoms with van der Waals surface area (Å²) in [5.74, 6) is -0.565. The summed E-state index contributed by atoms with van der Waals surface area (Å²) in [7, 11) is 0. The lowest BCUT2D eigenvalue weighted by molar-refractivity contribution is -0.286. The number of rotatable bonds is 5. The SMILES string of the molecule is Cc1ccc(C=CC(=O)OCC(=O)Nc2ccc3c(c2)OC(F)(F)O3)o1. The number of esters is 1. The summed E-state index contributed by atoms with van der Waals surface area (Å²) in [5.41, 5.74) is 0.188. The number of anilines is 1. The second kappa shape index (κ2) is 6.87. The molecule has 0 saturated heterocycles. The van der Waals surface area contributed by atoms with E-state index in [0.717, 1.165) is 6.08 Å². The lowest BCUT2D eigenvalue weighted by Crippen LogP contribution is -2.25. The number of hydrogen-bond donors (Lipinski definition) is 1. The summed E-state index contributed by atoms with van der Waals surface area (Å²) < 4.78 is 44.4. The first-order valence-electron chi connectivity index (χ1n) is 7.42. The average Bonchev–Trinajstić information content (AvgIpc) is 3.11. The second-order valence-electron chi connectivity index (χ2n) is 5.27. The minimum Gasteiger partial charge on any atom is -0.462 e. The molecule has 1 aliphatic rings. The van der Waals surface area contributed by atoms with Crippen molar-refractivity contribution < 1.29 is 37.0 Å². The van der Waals surface area contributed by atoms with Crippen molar-refractivity contribution >= 4 is 23.6 Å². The molecule has 1 aromatic heterocycles. The van der Waals surface area contributed by atoms with Crippen LogP contribution >= 0.6 is 0 Å². The largest absolute Gasteiger partial charge is 0.586 e. The number of ether oxygens (including phenoxy) is 3. The van der Waals surface area contributed by atoms with Gasteiger partial charge in [-0.25, -0.2) is 4.79 Å². The number of amides is 1. The lowest BCUT2D eigenvalue weighted by Gasteiger charge is -2.06. The van der Waals surface area contributed by atoms with Crippen molar-refractivity contribution in [1.82, 2.24) is 0 Å². The van der Waals surface area contributed by atoms with E-state index in [2.05, 4.69) is 14.8 Å². The molecule has 0 fully saturated rings. The Balaban J connectivity index is 1.49. The first kappa shape index (κ1) is 17.5. The number of aryl methyl sites for hydroxylation is 1. The van der Waals surface area contributed by atoms with Gasteiger partial charge in [-0.05, 0) is 37.3 Å². The van der Waals surface area contributed by atoms with Crippen LogP contribution < -0.4 is 14.8 Å². The van der Waals surface area contributed by atoms with E-state index in [1.807, 2.05) is 0 Å². The van der Waals surface area contributed by atoms with Crippen molar-refractivity contribution in [3.05, 3.63) is 47.9 Å². The zero-order valence-electron chi connectivity index (χ0n) is 13.5. The van der Waals surface area contributed by atoms with Gasteiger partial charge < -0.3 is 23.9 Å². The Morgan fingerprint density at radius 1 is 1.19 bits per heavy atom. The molecule has 0 bridgehead atoms. The lowest BCUT2D eigenvalue weighted by atomic mass is 10.3. The highest BCUT2D eigenvalue weighted by Crippen LogP contribution is 2.42. The molecule has 0 atom stereocenters. The molecule has 0 spiro atoms. The number of carbonyl (C=O) groups is 2. The Kier molecular flexibility index (Phi) is 4.61. The maximum atomic E-state index is 12.9. The Morgan fingerprint density at radius 2 is 1.96 bits per heavy atom. The van der Waals surface area contributed by atoms with Gasteiger partial charge in [0.25, 0.3) is 5.91 Å². The third-order valence-electron chi connectivity index (χ3n) is 3.18. The van der Waals surface area contributed by atoms with Crippen LogP contribution in [-0.4, -0.2) is 24.8 Å². The molecule has 0 radical (unpaired) electrons.